The highest BCUT2D eigenvalue weighted by molar-refractivity contribution is 6.09. The zero-order chi connectivity index (χ0) is 9.80. The molecule has 0 atom stereocenters. The second-order valence-corrected chi connectivity index (χ2v) is 3.54. The van der Waals surface area contributed by atoms with E-state index in [0.717, 1.165) is 18.9 Å². The molecule has 74 valence electrons. The lowest BCUT2D eigenvalue weighted by molar-refractivity contribution is 0.342. The highest BCUT2D eigenvalue weighted by Gasteiger charge is 2.20. The van der Waals surface area contributed by atoms with Crippen molar-refractivity contribution < 1.29 is 4.79 Å². The van der Waals surface area contributed by atoms with Crippen LogP contribution in [-0.2, 0) is 4.79 Å². The number of amidine groups is 1. The minimum Gasteiger partial charge on any atom is -0.356 e. The normalized spacial score (nSPS) is 21.9. The topological polar surface area (TPSA) is 45.0 Å². The molecule has 0 amide bonds. The van der Waals surface area contributed by atoms with Gasteiger partial charge in [-0.15, -0.1) is 0 Å². The Hall–Kier alpha value is -1.41. The van der Waals surface area contributed by atoms with Crippen LogP contribution in [0.5, 0.6) is 0 Å². The monoisotopic (exact) mass is 191 g/mol. The van der Waals surface area contributed by atoms with Gasteiger partial charge in [-0.2, -0.15) is 0 Å². The number of carbonyl (C=O) groups excluding carboxylic acids is 1. The first-order valence-electron chi connectivity index (χ1n) is 4.97. The van der Waals surface area contributed by atoms with Gasteiger partial charge in [0.15, 0.2) is 0 Å². The van der Waals surface area contributed by atoms with Crippen molar-refractivity contribution in [1.29, 1.82) is 0 Å². The fourth-order valence-corrected chi connectivity index (χ4v) is 1.83. The molecule has 0 saturated carbocycles. The Morgan fingerprint density at radius 2 is 2.07 bits per heavy atom. The molecule has 4 nitrogen and oxygen atoms in total. The van der Waals surface area contributed by atoms with E-state index in [0.29, 0.717) is 12.1 Å². The summed E-state index contributed by atoms with van der Waals surface area (Å²) in [6.07, 6.45) is 5.17. The molecule has 0 bridgehead atoms. The highest BCUT2D eigenvalue weighted by atomic mass is 16.1. The van der Waals surface area contributed by atoms with Crippen LogP contribution in [0.15, 0.2) is 15.6 Å². The molecule has 0 radical (unpaired) electrons. The van der Waals surface area contributed by atoms with Gasteiger partial charge in [-0.3, -0.25) is 4.99 Å². The maximum absolute atomic E-state index is 10.7. The quantitative estimate of drug-likeness (QED) is 0.528. The fourth-order valence-electron chi connectivity index (χ4n) is 1.83. The SMILES string of the molecule is O=C=C1CN=CN=C1N1CCCCC1. The molecule has 0 spiro atoms. The van der Waals surface area contributed by atoms with Crippen molar-refractivity contribution in [3.05, 3.63) is 5.57 Å². The van der Waals surface area contributed by atoms with Gasteiger partial charge in [-0.05, 0) is 19.3 Å². The molecule has 2 aliphatic heterocycles. The van der Waals surface area contributed by atoms with Crippen LogP contribution in [0.2, 0.25) is 0 Å². The second kappa shape index (κ2) is 4.20. The van der Waals surface area contributed by atoms with Crippen LogP contribution >= 0.6 is 0 Å². The van der Waals surface area contributed by atoms with Gasteiger partial charge >= 0.3 is 0 Å². The van der Waals surface area contributed by atoms with Gasteiger partial charge in [-0.1, -0.05) is 0 Å². The van der Waals surface area contributed by atoms with Crippen LogP contribution in [0.1, 0.15) is 19.3 Å². The molecule has 4 heteroatoms. The van der Waals surface area contributed by atoms with E-state index >= 15 is 0 Å². The second-order valence-electron chi connectivity index (χ2n) is 3.54. The van der Waals surface area contributed by atoms with Crippen LogP contribution in [0.4, 0.5) is 0 Å². The third kappa shape index (κ3) is 1.75. The predicted molar refractivity (Wildman–Crippen MR) is 55.4 cm³/mol. The Kier molecular flexibility index (Phi) is 2.75. The zero-order valence-electron chi connectivity index (χ0n) is 8.07. The molecule has 0 N–H and O–H groups in total. The maximum atomic E-state index is 10.7. The van der Waals surface area contributed by atoms with Gasteiger partial charge in [0.25, 0.3) is 0 Å². The number of hydrogen-bond donors (Lipinski definition) is 0. The third-order valence-corrected chi connectivity index (χ3v) is 2.56. The van der Waals surface area contributed by atoms with E-state index in [-0.39, 0.29) is 0 Å². The summed E-state index contributed by atoms with van der Waals surface area (Å²) < 4.78 is 0. The van der Waals surface area contributed by atoms with Crippen LogP contribution in [0.3, 0.4) is 0 Å². The van der Waals surface area contributed by atoms with Crippen LogP contribution in [-0.4, -0.2) is 42.6 Å². The summed E-state index contributed by atoms with van der Waals surface area (Å²) in [5.41, 5.74) is 0.592. The number of aliphatic imine (C=N–C) groups is 2. The summed E-state index contributed by atoms with van der Waals surface area (Å²) >= 11 is 0. The Morgan fingerprint density at radius 1 is 1.29 bits per heavy atom. The van der Waals surface area contributed by atoms with Gasteiger partial charge < -0.3 is 4.90 Å². The van der Waals surface area contributed by atoms with Gasteiger partial charge in [0.05, 0.1) is 12.1 Å². The lowest BCUT2D eigenvalue weighted by Crippen LogP contribution is -2.38. The Balaban J connectivity index is 2.17. The molecule has 2 rings (SSSR count). The molecule has 0 aromatic rings. The first-order chi connectivity index (χ1) is 6.92. The molecule has 1 saturated heterocycles. The van der Waals surface area contributed by atoms with Gasteiger partial charge in [0.2, 0.25) is 0 Å². The number of nitrogens with zero attached hydrogens (tertiary/aromatic N) is 3. The molecular weight excluding hydrogens is 178 g/mol. The van der Waals surface area contributed by atoms with Crippen molar-refractivity contribution in [2.45, 2.75) is 19.3 Å². The predicted octanol–water partition coefficient (Wildman–Crippen LogP) is 0.671. The first-order valence-corrected chi connectivity index (χ1v) is 4.97. The Labute approximate surface area is 83.0 Å². The summed E-state index contributed by atoms with van der Waals surface area (Å²) in [6, 6.07) is 0. The Morgan fingerprint density at radius 3 is 2.79 bits per heavy atom. The lowest BCUT2D eigenvalue weighted by atomic mass is 10.1. The van der Waals surface area contributed by atoms with Crippen molar-refractivity contribution >= 4 is 18.1 Å². The zero-order valence-corrected chi connectivity index (χ0v) is 8.07. The maximum Gasteiger partial charge on any atom is 0.146 e. The van der Waals surface area contributed by atoms with Crippen molar-refractivity contribution in [2.24, 2.45) is 9.98 Å². The van der Waals surface area contributed by atoms with Crippen LogP contribution in [0.25, 0.3) is 0 Å². The minimum atomic E-state index is 0.429. The molecule has 1 fully saturated rings. The molecule has 2 heterocycles. The lowest BCUT2D eigenvalue weighted by Gasteiger charge is -2.30. The summed E-state index contributed by atoms with van der Waals surface area (Å²) in [5, 5.41) is 0. The van der Waals surface area contributed by atoms with E-state index in [1.165, 1.54) is 25.6 Å². The van der Waals surface area contributed by atoms with E-state index < -0.39 is 0 Å². The highest BCUT2D eigenvalue weighted by Crippen LogP contribution is 2.13. The summed E-state index contributed by atoms with van der Waals surface area (Å²) in [7, 11) is 0. The largest absolute Gasteiger partial charge is 0.356 e. The average molecular weight is 191 g/mol. The fraction of sp³-hybridized carbons (Fsp3) is 0.600. The van der Waals surface area contributed by atoms with E-state index in [1.807, 2.05) is 5.94 Å². The summed E-state index contributed by atoms with van der Waals surface area (Å²) in [4.78, 5) is 20.9. The molecule has 0 aromatic heterocycles. The van der Waals surface area contributed by atoms with E-state index in [9.17, 15) is 4.79 Å². The molecule has 2 aliphatic rings. The van der Waals surface area contributed by atoms with Crippen molar-refractivity contribution in [3.63, 3.8) is 0 Å². The number of rotatable bonds is 0. The standard InChI is InChI=1S/C10H13N3O/c14-7-9-6-11-8-12-10(9)13-4-2-1-3-5-13/h8H,1-6H2. The van der Waals surface area contributed by atoms with Crippen LogP contribution < -0.4 is 0 Å². The van der Waals surface area contributed by atoms with Crippen LogP contribution in [0, 0.1) is 0 Å². The van der Waals surface area contributed by atoms with E-state index in [1.54, 1.807) is 0 Å². The molecule has 0 aliphatic carbocycles. The summed E-state index contributed by atoms with van der Waals surface area (Å²) in [6.45, 7) is 2.43. The number of likely N-dealkylation sites (tertiary alicyclic amines) is 1. The number of hydrogen-bond acceptors (Lipinski definition) is 4. The minimum absolute atomic E-state index is 0.429. The molecule has 14 heavy (non-hydrogen) atoms. The first kappa shape index (κ1) is 9.16. The van der Waals surface area contributed by atoms with E-state index in [2.05, 4.69) is 14.9 Å². The Bertz CT molecular complexity index is 320. The molecule has 0 aromatic carbocycles. The smallest absolute Gasteiger partial charge is 0.146 e. The van der Waals surface area contributed by atoms with Gasteiger partial charge in [-0.25, -0.2) is 9.79 Å². The van der Waals surface area contributed by atoms with Crippen molar-refractivity contribution in [2.75, 3.05) is 19.6 Å². The van der Waals surface area contributed by atoms with Crippen molar-refractivity contribution in [1.82, 2.24) is 4.90 Å². The van der Waals surface area contributed by atoms with Gasteiger partial charge in [0.1, 0.15) is 18.1 Å². The molecule has 0 unspecified atom stereocenters. The van der Waals surface area contributed by atoms with Crippen molar-refractivity contribution in [3.8, 4) is 0 Å². The number of piperidine rings is 1. The average Bonchev–Trinajstić information content (AvgIpc) is 2.30. The third-order valence-electron chi connectivity index (χ3n) is 2.56. The summed E-state index contributed by atoms with van der Waals surface area (Å²) in [5.74, 6) is 2.72. The molecular formula is C10H13N3O. The van der Waals surface area contributed by atoms with E-state index in [4.69, 9.17) is 0 Å². The van der Waals surface area contributed by atoms with Gasteiger partial charge in [0, 0.05) is 13.1 Å².